The van der Waals surface area contributed by atoms with Crippen molar-refractivity contribution in [2.75, 3.05) is 18.5 Å². The summed E-state index contributed by atoms with van der Waals surface area (Å²) in [7, 11) is 0. The van der Waals surface area contributed by atoms with E-state index in [1.165, 1.54) is 0 Å². The van der Waals surface area contributed by atoms with Gasteiger partial charge in [0.25, 0.3) is 5.91 Å². The number of hydrogen-bond acceptors (Lipinski definition) is 5. The van der Waals surface area contributed by atoms with Gasteiger partial charge in [0.2, 0.25) is 0 Å². The highest BCUT2D eigenvalue weighted by Gasteiger charge is 2.48. The molecule has 1 heterocycles. The van der Waals surface area contributed by atoms with Crippen LogP contribution in [-0.4, -0.2) is 35.5 Å². The number of anilines is 1. The molecule has 0 radical (unpaired) electrons. The minimum atomic E-state index is -0.412. The molecule has 3 aliphatic rings. The topological polar surface area (TPSA) is 75.7 Å². The highest BCUT2D eigenvalue weighted by atomic mass is 79.9. The van der Waals surface area contributed by atoms with E-state index in [4.69, 9.17) is 4.74 Å². The number of aryl methyl sites for hydroxylation is 1. The number of benzene rings is 2. The van der Waals surface area contributed by atoms with Crippen LogP contribution in [0.1, 0.15) is 77.3 Å². The number of para-hydroxylation sites is 1. The van der Waals surface area contributed by atoms with Gasteiger partial charge in [-0.3, -0.25) is 14.4 Å². The Hall–Kier alpha value is -3.19. The van der Waals surface area contributed by atoms with Crippen molar-refractivity contribution in [1.82, 2.24) is 4.90 Å². The third kappa shape index (κ3) is 5.78. The summed E-state index contributed by atoms with van der Waals surface area (Å²) < 4.78 is 6.55. The van der Waals surface area contributed by atoms with E-state index < -0.39 is 5.92 Å². The van der Waals surface area contributed by atoms with Crippen LogP contribution in [-0.2, 0) is 14.4 Å². The Kier molecular flexibility index (Phi) is 7.79. The average molecular weight is 620 g/mol. The number of amides is 1. The Morgan fingerprint density at radius 3 is 2.07 bits per heavy atom. The first-order valence-electron chi connectivity index (χ1n) is 14.4. The molecular weight excluding hydrogens is 580 g/mol. The molecule has 0 saturated carbocycles. The Morgan fingerprint density at radius 1 is 0.951 bits per heavy atom. The van der Waals surface area contributed by atoms with Crippen LogP contribution in [0.15, 0.2) is 69.5 Å². The van der Waals surface area contributed by atoms with Crippen molar-refractivity contribution in [3.8, 4) is 5.75 Å². The van der Waals surface area contributed by atoms with Gasteiger partial charge in [0.15, 0.2) is 18.2 Å². The molecule has 0 aromatic heterocycles. The van der Waals surface area contributed by atoms with E-state index in [-0.39, 0.29) is 34.9 Å². The maximum Gasteiger partial charge on any atom is 0.262 e. The predicted molar refractivity (Wildman–Crippen MR) is 165 cm³/mol. The number of allylic oxidation sites excluding steroid dienone is 4. The van der Waals surface area contributed by atoms with Gasteiger partial charge in [0, 0.05) is 53.5 Å². The minimum Gasteiger partial charge on any atom is -0.483 e. The second-order valence-electron chi connectivity index (χ2n) is 13.1. The van der Waals surface area contributed by atoms with E-state index in [0.29, 0.717) is 23.1 Å². The largest absolute Gasteiger partial charge is 0.483 e. The second-order valence-corrected chi connectivity index (χ2v) is 14.0. The Balaban J connectivity index is 1.49. The predicted octanol–water partition coefficient (Wildman–Crippen LogP) is 7.48. The fraction of sp³-hybridized carbons (Fsp3) is 0.441. The number of rotatable bonds is 6. The van der Waals surface area contributed by atoms with Gasteiger partial charge >= 0.3 is 0 Å². The Morgan fingerprint density at radius 2 is 1.54 bits per heavy atom. The van der Waals surface area contributed by atoms with E-state index in [2.05, 4.69) is 60.8 Å². The lowest BCUT2D eigenvalue weighted by Crippen LogP contribution is -2.44. The highest BCUT2D eigenvalue weighted by molar-refractivity contribution is 9.10. The van der Waals surface area contributed by atoms with Crippen LogP contribution in [0.4, 0.5) is 5.69 Å². The molecule has 1 N–H and O–H groups in total. The van der Waals surface area contributed by atoms with E-state index in [9.17, 15) is 14.4 Å². The zero-order valence-electron chi connectivity index (χ0n) is 24.8. The first-order valence-corrected chi connectivity index (χ1v) is 15.2. The van der Waals surface area contributed by atoms with Crippen molar-refractivity contribution in [1.29, 1.82) is 0 Å². The quantitative estimate of drug-likeness (QED) is 0.363. The normalized spacial score (nSPS) is 20.1. The summed E-state index contributed by atoms with van der Waals surface area (Å²) in [6.07, 6.45) is 2.51. The molecule has 1 aliphatic heterocycles. The number of halogens is 1. The van der Waals surface area contributed by atoms with Crippen molar-refractivity contribution in [2.45, 2.75) is 73.1 Å². The van der Waals surface area contributed by atoms with Crippen molar-refractivity contribution in [3.63, 3.8) is 0 Å². The Bertz CT molecular complexity index is 1450. The summed E-state index contributed by atoms with van der Waals surface area (Å²) in [5, 5.41) is 2.89. The van der Waals surface area contributed by atoms with Crippen LogP contribution >= 0.6 is 15.9 Å². The third-order valence-corrected chi connectivity index (χ3v) is 9.02. The van der Waals surface area contributed by atoms with E-state index in [0.717, 1.165) is 58.7 Å². The smallest absolute Gasteiger partial charge is 0.262 e. The molecule has 2 aromatic carbocycles. The number of nitrogens with one attached hydrogen (secondary N) is 1. The van der Waals surface area contributed by atoms with Crippen LogP contribution < -0.4 is 10.1 Å². The number of ether oxygens (including phenoxy) is 1. The number of carbonyl (C=O) groups excluding carboxylic acids is 3. The molecule has 5 rings (SSSR count). The summed E-state index contributed by atoms with van der Waals surface area (Å²) in [6.45, 7) is 13.2. The molecule has 0 spiro atoms. The molecule has 0 fully saturated rings. The number of carbonyl (C=O) groups is 3. The highest BCUT2D eigenvalue weighted by Crippen LogP contribution is 2.54. The van der Waals surface area contributed by atoms with Gasteiger partial charge in [-0.2, -0.15) is 0 Å². The summed E-state index contributed by atoms with van der Waals surface area (Å²) in [5.74, 6) is 0.0963. The van der Waals surface area contributed by atoms with Crippen LogP contribution in [0.25, 0.3) is 0 Å². The molecule has 41 heavy (non-hydrogen) atoms. The summed E-state index contributed by atoms with van der Waals surface area (Å²) in [6, 6.07) is 13.3. The van der Waals surface area contributed by atoms with Gasteiger partial charge in [-0.25, -0.2) is 0 Å². The van der Waals surface area contributed by atoms with Gasteiger partial charge in [-0.05, 0) is 82.8 Å². The van der Waals surface area contributed by atoms with Crippen molar-refractivity contribution in [2.24, 2.45) is 10.8 Å². The molecule has 0 bridgehead atoms. The van der Waals surface area contributed by atoms with Crippen LogP contribution in [0.3, 0.4) is 0 Å². The number of hydrogen-bond donors (Lipinski definition) is 1. The molecule has 7 heteroatoms. The van der Waals surface area contributed by atoms with Gasteiger partial charge in [-0.15, -0.1) is 0 Å². The molecule has 2 aliphatic carbocycles. The van der Waals surface area contributed by atoms with Crippen LogP contribution in [0.2, 0.25) is 0 Å². The molecular formula is C34H39BrN2O4. The second kappa shape index (κ2) is 10.9. The number of ketones is 2. The maximum absolute atomic E-state index is 13.8. The first-order chi connectivity index (χ1) is 19.3. The maximum atomic E-state index is 13.8. The number of nitrogens with zero attached hydrogens (tertiary/aromatic N) is 1. The summed E-state index contributed by atoms with van der Waals surface area (Å²) in [5.41, 5.74) is 5.97. The molecule has 2 aromatic rings. The summed E-state index contributed by atoms with van der Waals surface area (Å²) >= 11 is 3.64. The zero-order chi connectivity index (χ0) is 29.7. The molecule has 1 amide bonds. The monoisotopic (exact) mass is 618 g/mol. The van der Waals surface area contributed by atoms with Crippen LogP contribution in [0.5, 0.6) is 5.75 Å². The molecule has 0 atom stereocenters. The van der Waals surface area contributed by atoms with Crippen molar-refractivity contribution < 1.29 is 19.1 Å². The molecule has 216 valence electrons. The lowest BCUT2D eigenvalue weighted by molar-refractivity contribution is -0.120. The molecule has 0 saturated heterocycles. The Labute approximate surface area is 251 Å². The van der Waals surface area contributed by atoms with E-state index in [1.807, 2.05) is 49.4 Å². The molecule has 0 unspecified atom stereocenters. The van der Waals surface area contributed by atoms with Gasteiger partial charge in [0.1, 0.15) is 5.75 Å². The lowest BCUT2D eigenvalue weighted by Gasteiger charge is -2.48. The van der Waals surface area contributed by atoms with Crippen LogP contribution in [0, 0.1) is 17.8 Å². The van der Waals surface area contributed by atoms with E-state index >= 15 is 0 Å². The van der Waals surface area contributed by atoms with Crippen molar-refractivity contribution in [3.05, 3.63) is 80.6 Å². The average Bonchev–Trinajstić information content (AvgIpc) is 2.87. The standard InChI is InChI=1S/C34H39BrN2O4/c1-7-37-24-15-33(3,4)17-26(38)31(24)30(32-25(37)16-34(5,6)18-27(32)39)21-12-13-28(22(35)14-21)41-19-29(40)36-23-11-9-8-10-20(23)2/h8-14,30H,7,15-19H2,1-6H3,(H,36,40). The van der Waals surface area contributed by atoms with Crippen molar-refractivity contribution >= 4 is 39.1 Å². The van der Waals surface area contributed by atoms with Gasteiger partial charge in [-0.1, -0.05) is 52.0 Å². The minimum absolute atomic E-state index is 0.119. The van der Waals surface area contributed by atoms with E-state index in [1.54, 1.807) is 0 Å². The van der Waals surface area contributed by atoms with Gasteiger partial charge < -0.3 is 15.0 Å². The fourth-order valence-electron chi connectivity index (χ4n) is 6.62. The summed E-state index contributed by atoms with van der Waals surface area (Å²) in [4.78, 5) is 42.4. The fourth-order valence-corrected chi connectivity index (χ4v) is 7.13. The third-order valence-electron chi connectivity index (χ3n) is 8.41. The molecule has 6 nitrogen and oxygen atoms in total. The lowest BCUT2D eigenvalue weighted by atomic mass is 9.63. The first kappa shape index (κ1) is 29.3. The SMILES string of the molecule is CCN1C2=C(C(=O)CC(C)(C)C2)C(c2ccc(OCC(=O)Nc3ccccc3C)c(Br)c2)C2=C1CC(C)(C)CC2=O. The van der Waals surface area contributed by atoms with Gasteiger partial charge in [0.05, 0.1) is 4.47 Å². The zero-order valence-corrected chi connectivity index (χ0v) is 26.4. The number of Topliss-reactive ketones (excluding diaryl/α,β-unsaturated/α-hetero) is 2.